The number of amides is 1. The van der Waals surface area contributed by atoms with Gasteiger partial charge in [0.15, 0.2) is 11.3 Å². The van der Waals surface area contributed by atoms with Gasteiger partial charge in [-0.1, -0.05) is 24.3 Å². The Morgan fingerprint density at radius 2 is 2.03 bits per heavy atom. The molecule has 1 N–H and O–H groups in total. The normalized spacial score (nSPS) is 15.5. The van der Waals surface area contributed by atoms with Crippen LogP contribution in [0, 0.1) is 17.1 Å². The van der Waals surface area contributed by atoms with Crippen molar-refractivity contribution < 1.29 is 9.18 Å². The fourth-order valence-corrected chi connectivity index (χ4v) is 4.24. The maximum Gasteiger partial charge on any atom is 0.271 e. The molecule has 1 fully saturated rings. The number of aromatic nitrogens is 3. The van der Waals surface area contributed by atoms with Gasteiger partial charge in [-0.15, -0.1) is 5.10 Å². The first-order chi connectivity index (χ1) is 16.1. The van der Waals surface area contributed by atoms with Gasteiger partial charge in [0, 0.05) is 13.1 Å². The van der Waals surface area contributed by atoms with E-state index in [1.807, 2.05) is 30.3 Å². The Morgan fingerprint density at radius 1 is 1.18 bits per heavy atom. The lowest BCUT2D eigenvalue weighted by atomic mass is 10.0. The maximum atomic E-state index is 13.8. The highest BCUT2D eigenvalue weighted by atomic mass is 19.1. The highest BCUT2D eigenvalue weighted by molar-refractivity contribution is 5.93. The van der Waals surface area contributed by atoms with Gasteiger partial charge in [-0.05, 0) is 60.4 Å². The number of benzene rings is 2. The molecule has 33 heavy (non-hydrogen) atoms. The van der Waals surface area contributed by atoms with Crippen LogP contribution in [0.25, 0.3) is 5.65 Å². The van der Waals surface area contributed by atoms with Crippen molar-refractivity contribution in [2.45, 2.75) is 25.4 Å². The highest BCUT2D eigenvalue weighted by Crippen LogP contribution is 2.35. The van der Waals surface area contributed by atoms with E-state index in [-0.39, 0.29) is 17.8 Å². The Bertz CT molecular complexity index is 1360. The number of carbonyl (C=O) groups is 1. The van der Waals surface area contributed by atoms with E-state index in [9.17, 15) is 9.18 Å². The summed E-state index contributed by atoms with van der Waals surface area (Å²) < 4.78 is 15.3. The zero-order chi connectivity index (χ0) is 22.8. The van der Waals surface area contributed by atoms with E-state index >= 15 is 0 Å². The van der Waals surface area contributed by atoms with Gasteiger partial charge in [-0.3, -0.25) is 4.79 Å². The average molecular weight is 440 g/mol. The van der Waals surface area contributed by atoms with Crippen molar-refractivity contribution >= 4 is 17.4 Å². The molecule has 0 bridgehead atoms. The smallest absolute Gasteiger partial charge is 0.271 e. The molecule has 8 heteroatoms. The molecule has 3 heterocycles. The summed E-state index contributed by atoms with van der Waals surface area (Å²) in [5.74, 6) is 0.173. The van der Waals surface area contributed by atoms with Crippen LogP contribution in [-0.2, 0) is 6.54 Å². The van der Waals surface area contributed by atoms with Gasteiger partial charge in [-0.2, -0.15) is 5.26 Å². The van der Waals surface area contributed by atoms with Crippen LogP contribution in [-0.4, -0.2) is 27.0 Å². The number of carbonyl (C=O) groups excluding carboxylic acids is 1. The van der Waals surface area contributed by atoms with Crippen molar-refractivity contribution in [2.24, 2.45) is 0 Å². The second-order valence-corrected chi connectivity index (χ2v) is 8.00. The van der Waals surface area contributed by atoms with E-state index in [4.69, 9.17) is 10.4 Å². The number of halogens is 1. The largest absolute Gasteiger partial charge is 0.348 e. The summed E-state index contributed by atoms with van der Waals surface area (Å²) >= 11 is 0. The molecule has 0 aliphatic carbocycles. The molecule has 164 valence electrons. The summed E-state index contributed by atoms with van der Waals surface area (Å²) in [6.07, 6.45) is 3.39. The minimum Gasteiger partial charge on any atom is -0.348 e. The molecular formula is C25H21FN6O. The third-order valence-electron chi connectivity index (χ3n) is 5.90. The van der Waals surface area contributed by atoms with Crippen LogP contribution in [0.4, 0.5) is 10.2 Å². The molecule has 4 aromatic rings. The lowest BCUT2D eigenvalue weighted by molar-refractivity contribution is 0.0944. The standard InChI is InChI=1S/C25H21FN6O/c26-20-4-1-3-19(13-20)21-5-2-12-31(21)24-11-10-23-28-16-22(32(23)30-24)25(33)29-15-18-8-6-17(14-27)7-9-18/h1,3-4,6-11,13,16,21H,2,5,12,15H2,(H,29,33). The molecule has 1 atom stereocenters. The summed E-state index contributed by atoms with van der Waals surface area (Å²) in [5.41, 5.74) is 3.29. The van der Waals surface area contributed by atoms with Crippen molar-refractivity contribution in [2.75, 3.05) is 11.4 Å². The number of nitrogens with one attached hydrogen (secondary N) is 1. The Balaban J connectivity index is 1.38. The highest BCUT2D eigenvalue weighted by Gasteiger charge is 2.28. The predicted molar refractivity (Wildman–Crippen MR) is 121 cm³/mol. The van der Waals surface area contributed by atoms with E-state index in [0.717, 1.165) is 30.5 Å². The molecule has 1 aliphatic heterocycles. The van der Waals surface area contributed by atoms with Crippen molar-refractivity contribution in [3.05, 3.63) is 95.1 Å². The van der Waals surface area contributed by atoms with E-state index in [2.05, 4.69) is 21.3 Å². The minimum atomic E-state index is -0.292. The first-order valence-electron chi connectivity index (χ1n) is 10.8. The quantitative estimate of drug-likeness (QED) is 0.507. The first kappa shape index (κ1) is 20.6. The number of nitrogens with zero attached hydrogens (tertiary/aromatic N) is 5. The fraction of sp³-hybridized carbons (Fsp3) is 0.200. The number of imidazole rings is 1. The average Bonchev–Trinajstić information content (AvgIpc) is 3.50. The Hall–Kier alpha value is -4.25. The van der Waals surface area contributed by atoms with Gasteiger partial charge in [0.1, 0.15) is 11.6 Å². The van der Waals surface area contributed by atoms with Gasteiger partial charge in [-0.25, -0.2) is 13.9 Å². The number of hydrogen-bond acceptors (Lipinski definition) is 5. The first-order valence-corrected chi connectivity index (χ1v) is 10.8. The van der Waals surface area contributed by atoms with Crippen LogP contribution in [0.1, 0.15) is 46.1 Å². The van der Waals surface area contributed by atoms with E-state index in [1.165, 1.54) is 12.3 Å². The third kappa shape index (κ3) is 4.13. The molecule has 1 aliphatic rings. The lowest BCUT2D eigenvalue weighted by Crippen LogP contribution is -2.26. The van der Waals surface area contributed by atoms with Crippen LogP contribution < -0.4 is 10.2 Å². The number of hydrogen-bond donors (Lipinski definition) is 1. The molecule has 1 amide bonds. The van der Waals surface area contributed by atoms with Crippen molar-refractivity contribution in [1.82, 2.24) is 19.9 Å². The summed E-state index contributed by atoms with van der Waals surface area (Å²) in [6.45, 7) is 1.12. The van der Waals surface area contributed by atoms with Crippen LogP contribution >= 0.6 is 0 Å². The third-order valence-corrected chi connectivity index (χ3v) is 5.90. The summed E-state index contributed by atoms with van der Waals surface area (Å²) in [4.78, 5) is 19.3. The monoisotopic (exact) mass is 440 g/mol. The van der Waals surface area contributed by atoms with Crippen molar-refractivity contribution in [1.29, 1.82) is 5.26 Å². The zero-order valence-corrected chi connectivity index (χ0v) is 17.8. The maximum absolute atomic E-state index is 13.8. The molecule has 7 nitrogen and oxygen atoms in total. The van der Waals surface area contributed by atoms with E-state index < -0.39 is 0 Å². The Morgan fingerprint density at radius 3 is 2.82 bits per heavy atom. The SMILES string of the molecule is N#Cc1ccc(CNC(=O)c2cnc3ccc(N4CCCC4c4cccc(F)c4)nn23)cc1. The molecule has 2 aromatic carbocycles. The van der Waals surface area contributed by atoms with Gasteiger partial charge in [0.2, 0.25) is 0 Å². The number of rotatable bonds is 5. The summed E-state index contributed by atoms with van der Waals surface area (Å²) in [7, 11) is 0. The lowest BCUT2D eigenvalue weighted by Gasteiger charge is -2.26. The molecule has 0 saturated carbocycles. The van der Waals surface area contributed by atoms with Gasteiger partial charge < -0.3 is 10.2 Å². The Kier molecular flexibility index (Phi) is 5.45. The van der Waals surface area contributed by atoms with Crippen LogP contribution in [0.3, 0.4) is 0 Å². The fourth-order valence-electron chi connectivity index (χ4n) is 4.24. The summed E-state index contributed by atoms with van der Waals surface area (Å²) in [6, 6.07) is 19.6. The molecule has 1 saturated heterocycles. The van der Waals surface area contributed by atoms with Crippen molar-refractivity contribution in [3.8, 4) is 6.07 Å². The van der Waals surface area contributed by atoms with Crippen molar-refractivity contribution in [3.63, 3.8) is 0 Å². The second-order valence-electron chi connectivity index (χ2n) is 8.00. The van der Waals surface area contributed by atoms with Gasteiger partial charge >= 0.3 is 0 Å². The Labute approximate surface area is 190 Å². The molecule has 0 radical (unpaired) electrons. The topological polar surface area (TPSA) is 86.3 Å². The van der Waals surface area contributed by atoms with Crippen LogP contribution in [0.2, 0.25) is 0 Å². The van der Waals surface area contributed by atoms with Gasteiger partial charge in [0.25, 0.3) is 5.91 Å². The summed E-state index contributed by atoms with van der Waals surface area (Å²) in [5, 5.41) is 16.5. The van der Waals surface area contributed by atoms with Crippen LogP contribution in [0.15, 0.2) is 66.9 Å². The molecular weight excluding hydrogens is 419 g/mol. The van der Waals surface area contributed by atoms with Crippen LogP contribution in [0.5, 0.6) is 0 Å². The molecule has 5 rings (SSSR count). The minimum absolute atomic E-state index is 0.0304. The zero-order valence-electron chi connectivity index (χ0n) is 17.8. The van der Waals surface area contributed by atoms with Gasteiger partial charge in [0.05, 0.1) is 23.9 Å². The number of anilines is 1. The number of nitriles is 1. The molecule has 0 spiro atoms. The molecule has 1 unspecified atom stereocenters. The predicted octanol–water partition coefficient (Wildman–Crippen LogP) is 4.01. The van der Waals surface area contributed by atoms with E-state index in [1.54, 1.807) is 28.8 Å². The van der Waals surface area contributed by atoms with E-state index in [0.29, 0.717) is 29.3 Å². The molecule has 2 aromatic heterocycles. The second kappa shape index (κ2) is 8.71. The number of fused-ring (bicyclic) bond motifs is 1.